The summed E-state index contributed by atoms with van der Waals surface area (Å²) in [5, 5.41) is 18.4. The molecule has 0 spiro atoms. The smallest absolute Gasteiger partial charge is 0.220 e. The summed E-state index contributed by atoms with van der Waals surface area (Å²) in [6.07, 6.45) is 0. The number of hydrogen-bond acceptors (Lipinski definition) is 3. The maximum Gasteiger partial charge on any atom is 0.220 e. The lowest BCUT2D eigenvalue weighted by Gasteiger charge is -2.26. The lowest BCUT2D eigenvalue weighted by Crippen LogP contribution is -2.09. The van der Waals surface area contributed by atoms with Crippen LogP contribution in [0.15, 0.2) is 230 Å². The van der Waals surface area contributed by atoms with Crippen molar-refractivity contribution < 1.29 is 20.6 Å². The van der Waals surface area contributed by atoms with Gasteiger partial charge in [0.2, 0.25) is 5.69 Å². The first kappa shape index (κ1) is 29.7. The van der Waals surface area contributed by atoms with E-state index in [-0.39, 0.29) is 33.6 Å². The Morgan fingerprint density at radius 3 is 1.68 bits per heavy atom. The number of benzene rings is 11. The number of aromatic nitrogens is 2. The van der Waals surface area contributed by atoms with Crippen LogP contribution in [0.2, 0.25) is 0 Å². The fraction of sp³-hybridized carbons (Fsp3) is 0. The van der Waals surface area contributed by atoms with Gasteiger partial charge in [0.1, 0.15) is 6.07 Å². The van der Waals surface area contributed by atoms with Gasteiger partial charge < -0.3 is 9.13 Å². The molecule has 11 aromatic carbocycles. The van der Waals surface area contributed by atoms with Crippen LogP contribution in [0.4, 0.5) is 5.69 Å². The van der Waals surface area contributed by atoms with Crippen LogP contribution >= 0.6 is 22.7 Å². The average molecular weight is 990 g/mol. The van der Waals surface area contributed by atoms with Gasteiger partial charge >= 0.3 is 0 Å². The van der Waals surface area contributed by atoms with Gasteiger partial charge in [-0.1, -0.05) is 200 Å². The summed E-state index contributed by atoms with van der Waals surface area (Å²) in [6, 6.07) is 35.7. The quantitative estimate of drug-likeness (QED) is 0.153. The van der Waals surface area contributed by atoms with Crippen LogP contribution in [-0.2, 0) is 0 Å². The van der Waals surface area contributed by atoms with Gasteiger partial charge in [0.05, 0.1) is 75.5 Å². The number of hydrogen-bond donors (Lipinski definition) is 0. The van der Waals surface area contributed by atoms with Crippen molar-refractivity contribution in [2.24, 2.45) is 0 Å². The largest absolute Gasteiger partial charge is 0.318 e. The Morgan fingerprint density at radius 1 is 0.446 bits per heavy atom. The zero-order valence-corrected chi connectivity index (χ0v) is 40.0. The van der Waals surface area contributed by atoms with Crippen molar-refractivity contribution in [3.05, 3.63) is 247 Å². The van der Waals surface area contributed by atoms with Crippen molar-refractivity contribution >= 4 is 112 Å². The zero-order valence-electron chi connectivity index (χ0n) is 53.4. The molecule has 15 rings (SSSR count). The second-order valence-electron chi connectivity index (χ2n) is 17.7. The molecule has 342 valence electrons. The highest BCUT2D eigenvalue weighted by molar-refractivity contribution is 7.27. The van der Waals surface area contributed by atoms with E-state index in [2.05, 4.69) is 17.0 Å². The zero-order chi connectivity index (χ0) is 62.1. The van der Waals surface area contributed by atoms with Crippen molar-refractivity contribution in [3.8, 4) is 62.0 Å². The van der Waals surface area contributed by atoms with Crippen LogP contribution < -0.4 is 0 Å². The van der Waals surface area contributed by atoms with Gasteiger partial charge in [-0.05, 0) is 63.7 Å². The molecule has 0 bridgehead atoms. The molecule has 0 amide bonds. The third-order valence-electron chi connectivity index (χ3n) is 14.0. The normalized spacial score (nSPS) is 14.6. The molecule has 0 aliphatic carbocycles. The van der Waals surface area contributed by atoms with E-state index < -0.39 is 119 Å². The van der Waals surface area contributed by atoms with Crippen LogP contribution in [-0.4, -0.2) is 9.13 Å². The molecular weight excluding hydrogens is 937 g/mol. The third-order valence-corrected chi connectivity index (χ3v) is 16.4. The first-order chi connectivity index (χ1) is 42.9. The molecule has 0 saturated carbocycles. The van der Waals surface area contributed by atoms with Crippen molar-refractivity contribution in [3.63, 3.8) is 0 Å². The molecule has 0 aliphatic rings. The summed E-state index contributed by atoms with van der Waals surface area (Å²) in [5.41, 5.74) is 0.168. The van der Waals surface area contributed by atoms with Gasteiger partial charge in [-0.25, -0.2) is 4.85 Å². The maximum atomic E-state index is 12.6. The van der Waals surface area contributed by atoms with Crippen molar-refractivity contribution in [2.45, 2.75) is 0 Å². The number of thiophene rings is 2. The van der Waals surface area contributed by atoms with E-state index in [0.717, 1.165) is 42.1 Å². The SMILES string of the molecule is [2H]c1c([2H])c([2H])c(-c2ccc3c4ccccc4n(-c4c([N+]#[C-])c(-c5c([2H])c([2H])c([2H])c([2H])c5[2H])c(C#N)c(-n5c6c(ccc7c8ccccc8sc76)c6c(-c7ccccc7)cc7c8ccccc8sc7c65)c4-c4c([2H])c([2H])c([2H])c([2H])c4[2H])c3c2)c([2H])c1[2H]. The maximum absolute atomic E-state index is 12.6. The predicted octanol–water partition coefficient (Wildman–Crippen LogP) is 19.7. The lowest BCUT2D eigenvalue weighted by molar-refractivity contribution is 1.14. The van der Waals surface area contributed by atoms with Crippen LogP contribution in [0.5, 0.6) is 0 Å². The summed E-state index contributed by atoms with van der Waals surface area (Å²) in [5.74, 6) is 0. The molecule has 0 radical (unpaired) electrons. The average Bonchev–Trinajstić information content (AvgIpc) is 1.58. The molecule has 0 atom stereocenters. The number of para-hydroxylation sites is 1. The Kier molecular flexibility index (Phi) is 6.62. The van der Waals surface area contributed by atoms with Gasteiger partial charge in [0.25, 0.3) is 0 Å². The van der Waals surface area contributed by atoms with Crippen molar-refractivity contribution in [1.82, 2.24) is 9.13 Å². The number of nitrogens with zero attached hydrogens (tertiary/aromatic N) is 4. The number of rotatable bonds is 6. The molecular formula is C68H38N4S2. The molecule has 0 saturated heterocycles. The summed E-state index contributed by atoms with van der Waals surface area (Å²) >= 11 is 2.95. The molecule has 74 heavy (non-hydrogen) atoms. The molecule has 15 aromatic rings. The van der Waals surface area contributed by atoms with E-state index >= 15 is 0 Å². The number of nitriles is 1. The van der Waals surface area contributed by atoms with E-state index in [0.29, 0.717) is 47.5 Å². The van der Waals surface area contributed by atoms with E-state index in [4.69, 9.17) is 9.60 Å². The molecule has 0 fully saturated rings. The van der Waals surface area contributed by atoms with Gasteiger partial charge in [0, 0.05) is 63.6 Å². The minimum atomic E-state index is -0.776. The Bertz CT molecular complexity index is 5760. The predicted molar refractivity (Wildman–Crippen MR) is 314 cm³/mol. The fourth-order valence-corrected chi connectivity index (χ4v) is 13.5. The third kappa shape index (κ3) is 6.05. The van der Waals surface area contributed by atoms with E-state index in [1.54, 1.807) is 47.0 Å². The minimum Gasteiger partial charge on any atom is -0.318 e. The Morgan fingerprint density at radius 2 is 1.00 bits per heavy atom. The molecule has 4 aromatic heterocycles. The first-order valence-electron chi connectivity index (χ1n) is 30.9. The van der Waals surface area contributed by atoms with Crippen molar-refractivity contribution in [1.29, 1.82) is 5.26 Å². The lowest BCUT2D eigenvalue weighted by atomic mass is 9.88. The van der Waals surface area contributed by atoms with Gasteiger partial charge in [-0.3, -0.25) is 0 Å². The topological polar surface area (TPSA) is 38.0 Å². The second kappa shape index (κ2) is 16.5. The fourth-order valence-electron chi connectivity index (χ4n) is 11.1. The molecule has 6 heteroatoms. The summed E-state index contributed by atoms with van der Waals surface area (Å²) in [4.78, 5) is 4.25. The molecule has 0 unspecified atom stereocenters. The standard InChI is InChI=1S/C68H38N4S2/c1-70-62-59(43-24-10-4-11-25-43)54(40-69)63(60(44-26-12-5-13-27-44)65(62)71-55-31-17-14-28-46(55)47-35-34-45(38-56(47)71)41-20-6-2-7-21-41)72-64-51(37-36-50-48-29-15-18-32-57(48)73-67(50)64)61-52(42-22-8-3-9-23-42)39-53-49-30-16-19-33-58(49)74-68(53)66(61)72/h2-39H/i2D,4D,5D,6D,7D,10D,11D,12D,13D,20D,21D,24D,25D,26D,27D. The Balaban J connectivity index is 1.31. The number of fused-ring (bicyclic) bond motifs is 14. The van der Waals surface area contributed by atoms with Crippen LogP contribution in [0.3, 0.4) is 0 Å². The molecule has 4 nitrogen and oxygen atoms in total. The second-order valence-corrected chi connectivity index (χ2v) is 19.8. The van der Waals surface area contributed by atoms with Gasteiger partial charge in [-0.2, -0.15) is 5.26 Å². The van der Waals surface area contributed by atoms with Crippen LogP contribution in [0.25, 0.3) is 145 Å². The monoisotopic (exact) mass is 989 g/mol. The summed E-state index contributed by atoms with van der Waals surface area (Å²) in [7, 11) is 0. The van der Waals surface area contributed by atoms with E-state index in [1.165, 1.54) is 22.7 Å². The van der Waals surface area contributed by atoms with Crippen LogP contribution in [0, 0.1) is 17.9 Å². The summed E-state index contributed by atoms with van der Waals surface area (Å²) < 4.78 is 146. The Hall–Kier alpha value is -9.56. The summed E-state index contributed by atoms with van der Waals surface area (Å²) in [6.45, 7) is 9.55. The highest BCUT2D eigenvalue weighted by Gasteiger charge is 2.34. The molecule has 4 heterocycles. The van der Waals surface area contributed by atoms with Crippen molar-refractivity contribution in [2.75, 3.05) is 0 Å². The van der Waals surface area contributed by atoms with Gasteiger partial charge in [0.15, 0.2) is 0 Å². The molecule has 0 N–H and O–H groups in total. The minimum absolute atomic E-state index is 0.141. The van der Waals surface area contributed by atoms with Crippen LogP contribution in [0.1, 0.15) is 26.1 Å². The van der Waals surface area contributed by atoms with E-state index in [9.17, 15) is 22.8 Å². The Labute approximate surface area is 454 Å². The first-order valence-corrected chi connectivity index (χ1v) is 25.1. The molecule has 0 aliphatic heterocycles. The van der Waals surface area contributed by atoms with E-state index in [1.807, 2.05) is 95.6 Å². The highest BCUT2D eigenvalue weighted by atomic mass is 32.1. The van der Waals surface area contributed by atoms with Gasteiger partial charge in [-0.15, -0.1) is 22.7 Å². The highest BCUT2D eigenvalue weighted by Crippen LogP contribution is 2.56.